The molecule has 4 rings (SSSR count). The highest BCUT2D eigenvalue weighted by atomic mass is 19.1. The minimum absolute atomic E-state index is 0.00880. The molecule has 0 aliphatic carbocycles. The molecule has 3 aromatic carbocycles. The number of amides is 2. The zero-order valence-corrected chi connectivity index (χ0v) is 14.3. The Morgan fingerprint density at radius 2 is 1.63 bits per heavy atom. The van der Waals surface area contributed by atoms with E-state index in [-0.39, 0.29) is 18.9 Å². The third kappa shape index (κ3) is 3.14. The molecule has 1 N–H and O–H groups in total. The van der Waals surface area contributed by atoms with Gasteiger partial charge in [-0.15, -0.1) is 0 Å². The largest absolute Gasteiger partial charge is 0.321 e. The second-order valence-corrected chi connectivity index (χ2v) is 6.49. The number of nitrogens with one attached hydrogen (secondary N) is 1. The van der Waals surface area contributed by atoms with Crippen LogP contribution in [0.15, 0.2) is 60.7 Å². The number of hydrogen-bond donors (Lipinski definition) is 1. The van der Waals surface area contributed by atoms with Crippen LogP contribution in [0.4, 0.5) is 20.2 Å². The second-order valence-electron chi connectivity index (χ2n) is 6.49. The fourth-order valence-electron chi connectivity index (χ4n) is 3.40. The Bertz CT molecular complexity index is 1030. The van der Waals surface area contributed by atoms with Gasteiger partial charge < -0.3 is 10.2 Å². The first-order valence-electron chi connectivity index (χ1n) is 8.57. The summed E-state index contributed by atoms with van der Waals surface area (Å²) in [6.45, 7) is 0.161. The van der Waals surface area contributed by atoms with Gasteiger partial charge in [0.2, 0.25) is 11.8 Å². The Balaban J connectivity index is 1.58. The summed E-state index contributed by atoms with van der Waals surface area (Å²) in [4.78, 5) is 26.6. The Kier molecular flexibility index (Phi) is 4.32. The fraction of sp³-hybridized carbons (Fsp3) is 0.143. The van der Waals surface area contributed by atoms with Crippen LogP contribution < -0.4 is 10.2 Å². The van der Waals surface area contributed by atoms with Gasteiger partial charge in [0, 0.05) is 18.4 Å². The van der Waals surface area contributed by atoms with Gasteiger partial charge in [-0.1, -0.05) is 42.5 Å². The molecule has 1 aliphatic heterocycles. The van der Waals surface area contributed by atoms with Crippen LogP contribution in [-0.4, -0.2) is 18.4 Å². The minimum atomic E-state index is -0.849. The molecule has 1 heterocycles. The molecule has 136 valence electrons. The van der Waals surface area contributed by atoms with Crippen LogP contribution in [0, 0.1) is 17.6 Å². The van der Waals surface area contributed by atoms with Crippen LogP contribution in [0.1, 0.15) is 6.42 Å². The van der Waals surface area contributed by atoms with Gasteiger partial charge in [0.15, 0.2) is 0 Å². The monoisotopic (exact) mass is 366 g/mol. The minimum Gasteiger partial charge on any atom is -0.321 e. The van der Waals surface area contributed by atoms with Crippen molar-refractivity contribution in [2.75, 3.05) is 16.8 Å². The number of fused-ring (bicyclic) bond motifs is 1. The smallest absolute Gasteiger partial charge is 0.229 e. The van der Waals surface area contributed by atoms with E-state index in [4.69, 9.17) is 0 Å². The normalized spacial score (nSPS) is 16.7. The van der Waals surface area contributed by atoms with Gasteiger partial charge in [-0.2, -0.15) is 0 Å². The molecular formula is C21H16F2N2O2. The van der Waals surface area contributed by atoms with Gasteiger partial charge in [-0.3, -0.25) is 9.59 Å². The summed E-state index contributed by atoms with van der Waals surface area (Å²) >= 11 is 0. The van der Waals surface area contributed by atoms with Crippen molar-refractivity contribution in [2.24, 2.45) is 5.92 Å². The average Bonchev–Trinajstić information content (AvgIpc) is 3.06. The molecule has 1 atom stereocenters. The van der Waals surface area contributed by atoms with Crippen LogP contribution in [0.25, 0.3) is 10.8 Å². The van der Waals surface area contributed by atoms with Crippen molar-refractivity contribution in [1.82, 2.24) is 0 Å². The van der Waals surface area contributed by atoms with Gasteiger partial charge >= 0.3 is 0 Å². The third-order valence-corrected chi connectivity index (χ3v) is 4.76. The van der Waals surface area contributed by atoms with Crippen molar-refractivity contribution in [3.8, 4) is 0 Å². The summed E-state index contributed by atoms with van der Waals surface area (Å²) in [5, 5.41) is 4.18. The number of halogens is 2. The fourth-order valence-corrected chi connectivity index (χ4v) is 3.40. The second kappa shape index (κ2) is 6.79. The molecule has 3 aromatic rings. The standard InChI is InChI=1S/C21H16F2N2O2/c22-16-8-4-9-17(23)20(16)24-21(27)14-11-19(26)25(12-14)18-10-3-6-13-5-1-2-7-15(13)18/h1-10,14H,11-12H2,(H,24,27). The maximum absolute atomic E-state index is 13.8. The molecule has 1 unspecified atom stereocenters. The maximum atomic E-state index is 13.8. The summed E-state index contributed by atoms with van der Waals surface area (Å²) in [6, 6.07) is 16.7. The molecule has 0 bridgehead atoms. The summed E-state index contributed by atoms with van der Waals surface area (Å²) in [5.41, 5.74) is 0.240. The first-order valence-corrected chi connectivity index (χ1v) is 8.57. The van der Waals surface area contributed by atoms with E-state index in [0.29, 0.717) is 0 Å². The first-order chi connectivity index (χ1) is 13.0. The Morgan fingerprint density at radius 1 is 0.963 bits per heavy atom. The molecule has 0 radical (unpaired) electrons. The topological polar surface area (TPSA) is 49.4 Å². The SMILES string of the molecule is O=C(Nc1c(F)cccc1F)C1CC(=O)N(c2cccc3ccccc23)C1. The Hall–Kier alpha value is -3.28. The predicted octanol–water partition coefficient (Wildman–Crippen LogP) is 4.11. The van der Waals surface area contributed by atoms with Gasteiger partial charge in [-0.05, 0) is 23.6 Å². The lowest BCUT2D eigenvalue weighted by atomic mass is 10.1. The molecule has 27 heavy (non-hydrogen) atoms. The maximum Gasteiger partial charge on any atom is 0.229 e. The van der Waals surface area contributed by atoms with Crippen LogP contribution in [-0.2, 0) is 9.59 Å². The third-order valence-electron chi connectivity index (χ3n) is 4.76. The lowest BCUT2D eigenvalue weighted by Gasteiger charge is -2.19. The first kappa shape index (κ1) is 17.1. The average molecular weight is 366 g/mol. The lowest BCUT2D eigenvalue weighted by molar-refractivity contribution is -0.122. The summed E-state index contributed by atoms with van der Waals surface area (Å²) < 4.78 is 27.5. The van der Waals surface area contributed by atoms with Crippen LogP contribution in [0.2, 0.25) is 0 Å². The van der Waals surface area contributed by atoms with Crippen molar-refractivity contribution in [3.05, 3.63) is 72.3 Å². The van der Waals surface area contributed by atoms with Crippen molar-refractivity contribution in [1.29, 1.82) is 0 Å². The number of hydrogen-bond acceptors (Lipinski definition) is 2. The van der Waals surface area contributed by atoms with E-state index in [2.05, 4.69) is 5.32 Å². The molecule has 4 nitrogen and oxygen atoms in total. The highest BCUT2D eigenvalue weighted by Gasteiger charge is 2.36. The number of nitrogens with zero attached hydrogens (tertiary/aromatic N) is 1. The zero-order valence-electron chi connectivity index (χ0n) is 14.3. The van der Waals surface area contributed by atoms with Crippen molar-refractivity contribution in [3.63, 3.8) is 0 Å². The van der Waals surface area contributed by atoms with Gasteiger partial charge in [-0.25, -0.2) is 8.78 Å². The summed E-state index contributed by atoms with van der Waals surface area (Å²) in [6.07, 6.45) is -0.00880. The zero-order chi connectivity index (χ0) is 19.0. The van der Waals surface area contributed by atoms with E-state index in [1.807, 2.05) is 42.5 Å². The van der Waals surface area contributed by atoms with E-state index in [9.17, 15) is 18.4 Å². The molecular weight excluding hydrogens is 350 g/mol. The highest BCUT2D eigenvalue weighted by Crippen LogP contribution is 2.32. The molecule has 0 spiro atoms. The van der Waals surface area contributed by atoms with Crippen LogP contribution >= 0.6 is 0 Å². The molecule has 1 saturated heterocycles. The highest BCUT2D eigenvalue weighted by molar-refractivity contribution is 6.08. The quantitative estimate of drug-likeness (QED) is 0.758. The molecule has 1 fully saturated rings. The number of benzene rings is 3. The van der Waals surface area contributed by atoms with E-state index in [1.54, 1.807) is 4.90 Å². The van der Waals surface area contributed by atoms with E-state index < -0.39 is 29.1 Å². The van der Waals surface area contributed by atoms with Crippen LogP contribution in [0.3, 0.4) is 0 Å². The van der Waals surface area contributed by atoms with Crippen molar-refractivity contribution >= 4 is 34.0 Å². The van der Waals surface area contributed by atoms with Crippen LogP contribution in [0.5, 0.6) is 0 Å². The summed E-state index contributed by atoms with van der Waals surface area (Å²) in [7, 11) is 0. The van der Waals surface area contributed by atoms with Gasteiger partial charge in [0.25, 0.3) is 0 Å². The molecule has 6 heteroatoms. The molecule has 2 amide bonds. The predicted molar refractivity (Wildman–Crippen MR) is 99.4 cm³/mol. The molecule has 1 aliphatic rings. The van der Waals surface area contributed by atoms with Gasteiger partial charge in [0.05, 0.1) is 11.6 Å². The van der Waals surface area contributed by atoms with E-state index in [1.165, 1.54) is 6.07 Å². The van der Waals surface area contributed by atoms with Gasteiger partial charge in [0.1, 0.15) is 17.3 Å². The number of para-hydroxylation sites is 1. The van der Waals surface area contributed by atoms with E-state index >= 15 is 0 Å². The number of carbonyl (C=O) groups excluding carboxylic acids is 2. The van der Waals surface area contributed by atoms with Crippen molar-refractivity contribution < 1.29 is 18.4 Å². The lowest BCUT2D eigenvalue weighted by Crippen LogP contribution is -2.28. The Morgan fingerprint density at radius 3 is 2.41 bits per heavy atom. The molecule has 0 aromatic heterocycles. The molecule has 0 saturated carbocycles. The number of anilines is 2. The van der Waals surface area contributed by atoms with E-state index in [0.717, 1.165) is 28.6 Å². The van der Waals surface area contributed by atoms with Crippen molar-refractivity contribution in [2.45, 2.75) is 6.42 Å². The summed E-state index contributed by atoms with van der Waals surface area (Å²) in [5.74, 6) is -3.15. The number of carbonyl (C=O) groups is 2. The Labute approximate surface area is 154 Å². The number of rotatable bonds is 3.